The molecule has 6 nitrogen and oxygen atoms in total. The number of carbonyl (C=O) groups excluding carboxylic acids is 1. The van der Waals surface area contributed by atoms with Crippen molar-refractivity contribution < 1.29 is 18.9 Å². The van der Waals surface area contributed by atoms with Crippen LogP contribution in [-0.4, -0.2) is 17.0 Å². The molecule has 0 aliphatic rings. The molecule has 0 bridgehead atoms. The largest absolute Gasteiger partial charge is 0.457 e. The molecule has 0 aliphatic carbocycles. The van der Waals surface area contributed by atoms with E-state index in [-0.39, 0.29) is 17.6 Å². The molecule has 0 saturated heterocycles. The Morgan fingerprint density at radius 1 is 1.44 bits per heavy atom. The summed E-state index contributed by atoms with van der Waals surface area (Å²) in [5.41, 5.74) is 0.194. The maximum absolute atomic E-state index is 11.6. The van der Waals surface area contributed by atoms with Gasteiger partial charge in [-0.1, -0.05) is 6.07 Å². The fourth-order valence-electron chi connectivity index (χ4n) is 1.58. The highest BCUT2D eigenvalue weighted by Crippen LogP contribution is 2.28. The van der Waals surface area contributed by atoms with Crippen molar-refractivity contribution in [2.75, 3.05) is 0 Å². The molecule has 6 heteroatoms. The van der Waals surface area contributed by atoms with Crippen LogP contribution in [0.3, 0.4) is 0 Å². The van der Waals surface area contributed by atoms with E-state index in [0.29, 0.717) is 11.0 Å². The first-order chi connectivity index (χ1) is 8.49. The van der Waals surface area contributed by atoms with Crippen LogP contribution in [0.5, 0.6) is 0 Å². The Labute approximate surface area is 102 Å². The van der Waals surface area contributed by atoms with E-state index in [9.17, 15) is 14.9 Å². The van der Waals surface area contributed by atoms with E-state index in [1.54, 1.807) is 19.9 Å². The molecule has 1 heterocycles. The molecule has 94 valence electrons. The molecule has 0 saturated carbocycles. The van der Waals surface area contributed by atoms with E-state index in [4.69, 9.17) is 9.15 Å². The van der Waals surface area contributed by atoms with Gasteiger partial charge in [0.05, 0.1) is 16.4 Å². The van der Waals surface area contributed by atoms with Gasteiger partial charge in [-0.15, -0.1) is 0 Å². The van der Waals surface area contributed by atoms with Crippen molar-refractivity contribution in [1.82, 2.24) is 0 Å². The van der Waals surface area contributed by atoms with E-state index in [1.165, 1.54) is 18.2 Å². The van der Waals surface area contributed by atoms with E-state index >= 15 is 0 Å². The minimum absolute atomic E-state index is 0.0343. The summed E-state index contributed by atoms with van der Waals surface area (Å²) in [4.78, 5) is 21.9. The Morgan fingerprint density at radius 2 is 2.17 bits per heavy atom. The van der Waals surface area contributed by atoms with Crippen LogP contribution >= 0.6 is 0 Å². The van der Waals surface area contributed by atoms with Gasteiger partial charge >= 0.3 is 5.97 Å². The molecule has 1 aromatic heterocycles. The van der Waals surface area contributed by atoms with Gasteiger partial charge in [0.25, 0.3) is 5.69 Å². The highest BCUT2D eigenvalue weighted by molar-refractivity contribution is 5.96. The van der Waals surface area contributed by atoms with Crippen LogP contribution in [0.4, 0.5) is 5.69 Å². The second kappa shape index (κ2) is 4.48. The number of fused-ring (bicyclic) bond motifs is 1. The van der Waals surface area contributed by atoms with Gasteiger partial charge < -0.3 is 9.15 Å². The van der Waals surface area contributed by atoms with Crippen LogP contribution in [-0.2, 0) is 4.74 Å². The van der Waals surface area contributed by atoms with Gasteiger partial charge in [0, 0.05) is 12.1 Å². The van der Waals surface area contributed by atoms with E-state index in [0.717, 1.165) is 0 Å². The second-order valence-corrected chi connectivity index (χ2v) is 4.01. The number of nitrogens with zero attached hydrogens (tertiary/aromatic N) is 1. The van der Waals surface area contributed by atoms with Crippen molar-refractivity contribution in [3.63, 3.8) is 0 Å². The van der Waals surface area contributed by atoms with Crippen molar-refractivity contribution in [3.05, 3.63) is 40.1 Å². The van der Waals surface area contributed by atoms with Gasteiger partial charge in [-0.05, 0) is 19.9 Å². The number of benzene rings is 1. The van der Waals surface area contributed by atoms with Gasteiger partial charge in [-0.2, -0.15) is 0 Å². The minimum Gasteiger partial charge on any atom is -0.457 e. The van der Waals surface area contributed by atoms with Gasteiger partial charge in [0.1, 0.15) is 5.58 Å². The monoisotopic (exact) mass is 249 g/mol. The highest BCUT2D eigenvalue weighted by Gasteiger charge is 2.20. The first-order valence-corrected chi connectivity index (χ1v) is 5.37. The molecule has 2 rings (SSSR count). The number of hydrogen-bond acceptors (Lipinski definition) is 5. The summed E-state index contributed by atoms with van der Waals surface area (Å²) < 4.78 is 10.2. The summed E-state index contributed by atoms with van der Waals surface area (Å²) in [6.45, 7) is 3.42. The lowest BCUT2D eigenvalue weighted by atomic mass is 10.2. The fraction of sp³-hybridized carbons (Fsp3) is 0.250. The topological polar surface area (TPSA) is 82.6 Å². The smallest absolute Gasteiger partial charge is 0.374 e. The molecular formula is C12H11NO5. The van der Waals surface area contributed by atoms with Crippen LogP contribution in [0.1, 0.15) is 24.4 Å². The maximum Gasteiger partial charge on any atom is 0.374 e. The lowest BCUT2D eigenvalue weighted by Gasteiger charge is -2.04. The number of rotatable bonds is 3. The quantitative estimate of drug-likeness (QED) is 0.474. The number of ether oxygens (including phenoxy) is 1. The van der Waals surface area contributed by atoms with Crippen LogP contribution in [0.15, 0.2) is 28.7 Å². The Balaban J connectivity index is 2.47. The van der Waals surface area contributed by atoms with Gasteiger partial charge in [-0.25, -0.2) is 4.79 Å². The van der Waals surface area contributed by atoms with Crippen molar-refractivity contribution in [2.24, 2.45) is 0 Å². The molecule has 18 heavy (non-hydrogen) atoms. The third kappa shape index (κ3) is 2.17. The predicted octanol–water partition coefficient (Wildman–Crippen LogP) is 2.91. The van der Waals surface area contributed by atoms with E-state index in [1.807, 2.05) is 0 Å². The summed E-state index contributed by atoms with van der Waals surface area (Å²) in [5, 5.41) is 11.1. The zero-order valence-electron chi connectivity index (χ0n) is 9.88. The Bertz CT molecular complexity index is 614. The van der Waals surface area contributed by atoms with Crippen LogP contribution in [0, 0.1) is 10.1 Å². The Kier molecular flexibility index (Phi) is 3.01. The number of carbonyl (C=O) groups is 1. The molecular weight excluding hydrogens is 238 g/mol. The van der Waals surface area contributed by atoms with Crippen LogP contribution in [0.25, 0.3) is 11.0 Å². The molecule has 1 aromatic carbocycles. The maximum atomic E-state index is 11.6. The molecule has 0 amide bonds. The normalized spacial score (nSPS) is 10.8. The first kappa shape index (κ1) is 12.1. The first-order valence-electron chi connectivity index (χ1n) is 5.37. The standard InChI is InChI=1S/C12H11NO5/c1-7(2)17-12(14)11-6-8-9(13(15)16)4-3-5-10(8)18-11/h3-7H,1-2H3. The lowest BCUT2D eigenvalue weighted by Crippen LogP contribution is -2.10. The second-order valence-electron chi connectivity index (χ2n) is 4.01. The van der Waals surface area contributed by atoms with Crippen molar-refractivity contribution >= 4 is 22.6 Å². The molecule has 0 unspecified atom stereocenters. The van der Waals surface area contributed by atoms with Gasteiger partial charge in [-0.3, -0.25) is 10.1 Å². The molecule has 0 fully saturated rings. The van der Waals surface area contributed by atoms with Crippen molar-refractivity contribution in [3.8, 4) is 0 Å². The Hall–Kier alpha value is -2.37. The predicted molar refractivity (Wildman–Crippen MR) is 63.4 cm³/mol. The number of nitro benzene ring substituents is 1. The number of nitro groups is 1. The summed E-state index contributed by atoms with van der Waals surface area (Å²) in [6, 6.07) is 5.75. The summed E-state index contributed by atoms with van der Waals surface area (Å²) in [7, 11) is 0. The summed E-state index contributed by atoms with van der Waals surface area (Å²) in [5.74, 6) is -0.663. The zero-order valence-corrected chi connectivity index (χ0v) is 9.88. The molecule has 2 aromatic rings. The van der Waals surface area contributed by atoms with Crippen LogP contribution < -0.4 is 0 Å². The number of furan rings is 1. The third-order valence-electron chi connectivity index (χ3n) is 2.28. The molecule has 0 spiro atoms. The van der Waals surface area contributed by atoms with E-state index < -0.39 is 10.9 Å². The highest BCUT2D eigenvalue weighted by atomic mass is 16.6. The average molecular weight is 249 g/mol. The average Bonchev–Trinajstić information content (AvgIpc) is 2.70. The Morgan fingerprint density at radius 3 is 2.78 bits per heavy atom. The molecule has 0 aliphatic heterocycles. The minimum atomic E-state index is -0.629. The zero-order chi connectivity index (χ0) is 13.3. The summed E-state index contributed by atoms with van der Waals surface area (Å²) >= 11 is 0. The van der Waals surface area contributed by atoms with Crippen molar-refractivity contribution in [2.45, 2.75) is 20.0 Å². The SMILES string of the molecule is CC(C)OC(=O)c1cc2c([N+](=O)[O-])cccc2o1. The number of hydrogen-bond donors (Lipinski definition) is 0. The molecule has 0 N–H and O–H groups in total. The van der Waals surface area contributed by atoms with Crippen LogP contribution in [0.2, 0.25) is 0 Å². The van der Waals surface area contributed by atoms with Gasteiger partial charge in [0.15, 0.2) is 0 Å². The third-order valence-corrected chi connectivity index (χ3v) is 2.28. The van der Waals surface area contributed by atoms with Crippen molar-refractivity contribution in [1.29, 1.82) is 0 Å². The van der Waals surface area contributed by atoms with Gasteiger partial charge in [0.2, 0.25) is 5.76 Å². The number of non-ortho nitro benzene ring substituents is 1. The molecule has 0 radical (unpaired) electrons. The lowest BCUT2D eigenvalue weighted by molar-refractivity contribution is -0.383. The number of esters is 1. The summed E-state index contributed by atoms with van der Waals surface area (Å²) in [6.07, 6.45) is -0.277. The fourth-order valence-corrected chi connectivity index (χ4v) is 1.58. The molecule has 0 atom stereocenters. The van der Waals surface area contributed by atoms with E-state index in [2.05, 4.69) is 0 Å².